The van der Waals surface area contributed by atoms with E-state index in [0.717, 1.165) is 0 Å². The highest BCUT2D eigenvalue weighted by atomic mass is 16.6. The van der Waals surface area contributed by atoms with Crippen molar-refractivity contribution in [3.63, 3.8) is 0 Å². The largest absolute Gasteiger partial charge is 0.480 e. The standard InChI is InChI=1S/C15H22N2O7/c1-5-22-11(18)10-8-6-15(12(19)20,7-9(8)24-17-10)16-13(21)23-14(2,3)4/h8-9H,5-7H2,1-4H3,(H,16,21)(H,19,20)/t8-,9+,15-/m1/s1. The van der Waals surface area contributed by atoms with Crippen molar-refractivity contribution in [2.75, 3.05) is 6.61 Å². The molecule has 1 heterocycles. The van der Waals surface area contributed by atoms with Crippen LogP contribution in [0.1, 0.15) is 40.5 Å². The van der Waals surface area contributed by atoms with Crippen molar-refractivity contribution in [2.24, 2.45) is 11.1 Å². The number of hydrogen-bond donors (Lipinski definition) is 2. The van der Waals surface area contributed by atoms with Crippen LogP contribution in [0, 0.1) is 5.92 Å². The molecule has 0 aromatic carbocycles. The van der Waals surface area contributed by atoms with E-state index in [1.807, 2.05) is 0 Å². The van der Waals surface area contributed by atoms with Crippen LogP contribution in [0.4, 0.5) is 4.79 Å². The molecular formula is C15H22N2O7. The second-order valence-corrected chi connectivity index (χ2v) is 6.87. The number of oxime groups is 1. The van der Waals surface area contributed by atoms with Gasteiger partial charge in [-0.25, -0.2) is 14.4 Å². The molecule has 9 nitrogen and oxygen atoms in total. The summed E-state index contributed by atoms with van der Waals surface area (Å²) >= 11 is 0. The average Bonchev–Trinajstić information content (AvgIpc) is 2.93. The highest BCUT2D eigenvalue weighted by molar-refractivity contribution is 6.37. The molecule has 0 radical (unpaired) electrons. The van der Waals surface area contributed by atoms with Crippen molar-refractivity contribution in [1.29, 1.82) is 0 Å². The predicted molar refractivity (Wildman–Crippen MR) is 81.4 cm³/mol. The van der Waals surface area contributed by atoms with Crippen LogP contribution < -0.4 is 5.32 Å². The molecule has 0 spiro atoms. The molecule has 1 aliphatic heterocycles. The lowest BCUT2D eigenvalue weighted by atomic mass is 9.94. The Hall–Kier alpha value is -2.32. The van der Waals surface area contributed by atoms with Crippen LogP contribution in [0.3, 0.4) is 0 Å². The van der Waals surface area contributed by atoms with Crippen LogP contribution in [0.25, 0.3) is 0 Å². The van der Waals surface area contributed by atoms with E-state index < -0.39 is 41.2 Å². The van der Waals surface area contributed by atoms with Gasteiger partial charge in [0.2, 0.25) is 0 Å². The van der Waals surface area contributed by atoms with E-state index in [1.165, 1.54) is 0 Å². The first-order valence-corrected chi connectivity index (χ1v) is 7.73. The lowest BCUT2D eigenvalue weighted by Gasteiger charge is -2.28. The Morgan fingerprint density at radius 2 is 2.04 bits per heavy atom. The molecule has 0 unspecified atom stereocenters. The van der Waals surface area contributed by atoms with Gasteiger partial charge in [0.05, 0.1) is 12.5 Å². The fourth-order valence-corrected chi connectivity index (χ4v) is 2.87. The summed E-state index contributed by atoms with van der Waals surface area (Å²) in [4.78, 5) is 40.8. The lowest BCUT2D eigenvalue weighted by Crippen LogP contribution is -2.54. The molecule has 9 heteroatoms. The zero-order chi connectivity index (χ0) is 18.1. The second kappa shape index (κ2) is 6.29. The van der Waals surface area contributed by atoms with Crippen LogP contribution in [0.2, 0.25) is 0 Å². The maximum absolute atomic E-state index is 12.0. The number of esters is 1. The van der Waals surface area contributed by atoms with Gasteiger partial charge in [-0.15, -0.1) is 0 Å². The van der Waals surface area contributed by atoms with Crippen LogP contribution in [-0.2, 0) is 23.9 Å². The van der Waals surface area contributed by atoms with E-state index >= 15 is 0 Å². The molecule has 2 N–H and O–H groups in total. The number of nitrogens with one attached hydrogen (secondary N) is 1. The van der Waals surface area contributed by atoms with Crippen molar-refractivity contribution < 1.29 is 33.8 Å². The summed E-state index contributed by atoms with van der Waals surface area (Å²) in [7, 11) is 0. The summed E-state index contributed by atoms with van der Waals surface area (Å²) in [6, 6.07) is 0. The molecule has 0 aromatic heterocycles. The number of carbonyl (C=O) groups is 3. The number of carbonyl (C=O) groups excluding carboxylic acids is 2. The average molecular weight is 342 g/mol. The van der Waals surface area contributed by atoms with Crippen LogP contribution in [0.5, 0.6) is 0 Å². The van der Waals surface area contributed by atoms with Gasteiger partial charge in [0.1, 0.15) is 17.2 Å². The molecule has 0 aromatic rings. The summed E-state index contributed by atoms with van der Waals surface area (Å²) in [6.07, 6.45) is -1.47. The number of carboxylic acids is 1. The topological polar surface area (TPSA) is 124 Å². The number of nitrogens with zero attached hydrogens (tertiary/aromatic N) is 1. The Balaban J connectivity index is 2.14. The van der Waals surface area contributed by atoms with Crippen LogP contribution in [0.15, 0.2) is 5.16 Å². The number of amides is 1. The van der Waals surface area contributed by atoms with Gasteiger partial charge in [-0.2, -0.15) is 0 Å². The molecule has 2 aliphatic rings. The van der Waals surface area contributed by atoms with E-state index in [-0.39, 0.29) is 25.2 Å². The maximum atomic E-state index is 12.0. The third-order valence-corrected chi connectivity index (χ3v) is 3.84. The minimum Gasteiger partial charge on any atom is -0.480 e. The highest BCUT2D eigenvalue weighted by Crippen LogP contribution is 2.41. The molecule has 24 heavy (non-hydrogen) atoms. The SMILES string of the molecule is CCOC(=O)C1=NO[C@H]2C[C@@](NC(=O)OC(C)(C)C)(C(=O)O)C[C@@H]12. The van der Waals surface area contributed by atoms with E-state index in [0.29, 0.717) is 0 Å². The van der Waals surface area contributed by atoms with E-state index in [2.05, 4.69) is 10.5 Å². The van der Waals surface area contributed by atoms with Crippen molar-refractivity contribution in [3.05, 3.63) is 0 Å². The third kappa shape index (κ3) is 3.60. The first kappa shape index (κ1) is 18.0. The minimum absolute atomic E-state index is 0.0152. The fraction of sp³-hybridized carbons (Fsp3) is 0.733. The Morgan fingerprint density at radius 3 is 2.58 bits per heavy atom. The minimum atomic E-state index is -1.58. The molecular weight excluding hydrogens is 320 g/mol. The molecule has 0 bridgehead atoms. The number of ether oxygens (including phenoxy) is 2. The van der Waals surface area contributed by atoms with Gasteiger partial charge >= 0.3 is 18.0 Å². The number of rotatable bonds is 4. The molecule has 2 rings (SSSR count). The van der Waals surface area contributed by atoms with Crippen LogP contribution in [-0.4, -0.2) is 52.7 Å². The van der Waals surface area contributed by atoms with Gasteiger partial charge in [0.25, 0.3) is 0 Å². The number of aliphatic carboxylic acids is 1. The van der Waals surface area contributed by atoms with Gasteiger partial charge in [-0.1, -0.05) is 5.16 Å². The first-order valence-electron chi connectivity index (χ1n) is 7.73. The molecule has 1 aliphatic carbocycles. The Bertz CT molecular complexity index is 581. The van der Waals surface area contributed by atoms with Gasteiger partial charge in [0.15, 0.2) is 5.71 Å². The van der Waals surface area contributed by atoms with Crippen LogP contribution >= 0.6 is 0 Å². The van der Waals surface area contributed by atoms with Crippen molar-refractivity contribution in [3.8, 4) is 0 Å². The summed E-state index contributed by atoms with van der Waals surface area (Å²) < 4.78 is 10.0. The smallest absolute Gasteiger partial charge is 0.408 e. The monoisotopic (exact) mass is 342 g/mol. The Kier molecular flexibility index (Phi) is 4.73. The van der Waals surface area contributed by atoms with E-state index in [9.17, 15) is 19.5 Å². The van der Waals surface area contributed by atoms with Gasteiger partial charge < -0.3 is 24.7 Å². The number of hydrogen-bond acceptors (Lipinski definition) is 7. The number of fused-ring (bicyclic) bond motifs is 1. The van der Waals surface area contributed by atoms with Gasteiger partial charge in [0, 0.05) is 6.42 Å². The molecule has 1 fully saturated rings. The third-order valence-electron chi connectivity index (χ3n) is 3.84. The zero-order valence-electron chi connectivity index (χ0n) is 14.1. The quantitative estimate of drug-likeness (QED) is 0.732. The normalized spacial score (nSPS) is 28.4. The molecule has 0 saturated heterocycles. The van der Waals surface area contributed by atoms with Crippen molar-refractivity contribution in [1.82, 2.24) is 5.32 Å². The summed E-state index contributed by atoms with van der Waals surface area (Å²) in [6.45, 7) is 6.87. The van der Waals surface area contributed by atoms with Crippen molar-refractivity contribution in [2.45, 2.75) is 57.8 Å². The second-order valence-electron chi connectivity index (χ2n) is 6.87. The summed E-state index contributed by atoms with van der Waals surface area (Å²) in [5.74, 6) is -2.40. The summed E-state index contributed by atoms with van der Waals surface area (Å²) in [5, 5.41) is 15.7. The number of alkyl carbamates (subject to hydrolysis) is 1. The maximum Gasteiger partial charge on any atom is 0.408 e. The van der Waals surface area contributed by atoms with Gasteiger partial charge in [-0.3, -0.25) is 0 Å². The first-order chi connectivity index (χ1) is 11.1. The Morgan fingerprint density at radius 1 is 1.38 bits per heavy atom. The van der Waals surface area contributed by atoms with Gasteiger partial charge in [-0.05, 0) is 34.1 Å². The molecule has 134 valence electrons. The van der Waals surface area contributed by atoms with E-state index in [1.54, 1.807) is 27.7 Å². The van der Waals surface area contributed by atoms with E-state index in [4.69, 9.17) is 14.3 Å². The molecule has 1 saturated carbocycles. The predicted octanol–water partition coefficient (Wildman–Crippen LogP) is 1.06. The Labute approximate surface area is 139 Å². The fourth-order valence-electron chi connectivity index (χ4n) is 2.87. The molecule has 1 amide bonds. The molecule has 3 atom stereocenters. The number of carboxylic acid groups (broad SMARTS) is 1. The highest BCUT2D eigenvalue weighted by Gasteiger charge is 2.58. The lowest BCUT2D eigenvalue weighted by molar-refractivity contribution is -0.145. The summed E-state index contributed by atoms with van der Waals surface area (Å²) in [5.41, 5.74) is -2.28. The zero-order valence-corrected chi connectivity index (χ0v) is 14.1. The van der Waals surface area contributed by atoms with Crippen molar-refractivity contribution >= 4 is 23.7 Å².